The lowest BCUT2D eigenvalue weighted by atomic mass is 9.77. The number of nitrogens with zero attached hydrogens (tertiary/aromatic N) is 3. The molecule has 2 aromatic carbocycles. The number of carbonyl (C=O) groups excluding carboxylic acids is 1. The van der Waals surface area contributed by atoms with Crippen LogP contribution in [0.2, 0.25) is 0 Å². The first-order chi connectivity index (χ1) is 17.2. The van der Waals surface area contributed by atoms with Crippen LogP contribution in [-0.2, 0) is 21.5 Å². The maximum absolute atomic E-state index is 14.2. The largest absolute Gasteiger partial charge is 0.491 e. The van der Waals surface area contributed by atoms with Crippen molar-refractivity contribution in [1.29, 1.82) is 0 Å². The molecular formula is C27H25N3O5. The molecule has 1 unspecified atom stereocenters. The van der Waals surface area contributed by atoms with Crippen molar-refractivity contribution in [1.82, 2.24) is 4.98 Å². The van der Waals surface area contributed by atoms with Crippen LogP contribution in [0.4, 0.5) is 11.4 Å². The minimum Gasteiger partial charge on any atom is -0.491 e. The minimum absolute atomic E-state index is 0.00631. The van der Waals surface area contributed by atoms with Gasteiger partial charge in [0.15, 0.2) is 11.5 Å². The van der Waals surface area contributed by atoms with Gasteiger partial charge in [0, 0.05) is 30.4 Å². The molecule has 4 aliphatic heterocycles. The Labute approximate surface area is 203 Å². The third-order valence-corrected chi connectivity index (χ3v) is 7.32. The van der Waals surface area contributed by atoms with Crippen molar-refractivity contribution < 1.29 is 23.7 Å². The van der Waals surface area contributed by atoms with Gasteiger partial charge in [0.05, 0.1) is 37.3 Å². The molecule has 0 aliphatic carbocycles. The number of carbonyl (C=O) groups is 1. The first kappa shape index (κ1) is 20.6. The van der Waals surface area contributed by atoms with E-state index in [-0.39, 0.29) is 12.5 Å². The number of anilines is 2. The Morgan fingerprint density at radius 1 is 0.857 bits per heavy atom. The summed E-state index contributed by atoms with van der Waals surface area (Å²) in [6, 6.07) is 15.8. The normalized spacial score (nSPS) is 22.2. The molecule has 1 amide bonds. The zero-order chi connectivity index (χ0) is 23.4. The summed E-state index contributed by atoms with van der Waals surface area (Å²) in [5, 5.41) is 0. The molecule has 8 heteroatoms. The highest BCUT2D eigenvalue weighted by Gasteiger charge is 2.57. The molecule has 0 radical (unpaired) electrons. The number of amides is 1. The standard InChI is InChI=1S/C27H25N3O5/c31-26-27(17-35-23-14-25-24(13-21(23)27)33-11-12-34-25)20-3-1-2-4-22(20)30(26)16-18-5-6-19(15-28-18)29-7-9-32-10-8-29/h1-6,13-15H,7-12,16-17H2. The first-order valence-corrected chi connectivity index (χ1v) is 12.0. The molecule has 0 N–H and O–H groups in total. The summed E-state index contributed by atoms with van der Waals surface area (Å²) >= 11 is 0. The number of morpholine rings is 1. The average Bonchev–Trinajstić information content (AvgIpc) is 3.40. The molecule has 1 atom stereocenters. The van der Waals surface area contributed by atoms with E-state index in [1.807, 2.05) is 53.6 Å². The van der Waals surface area contributed by atoms with E-state index in [0.717, 1.165) is 54.5 Å². The van der Waals surface area contributed by atoms with Gasteiger partial charge in [-0.15, -0.1) is 0 Å². The number of fused-ring (bicyclic) bond motifs is 5. The number of ether oxygens (including phenoxy) is 4. The van der Waals surface area contributed by atoms with Crippen molar-refractivity contribution in [3.8, 4) is 17.2 Å². The van der Waals surface area contributed by atoms with Crippen LogP contribution < -0.4 is 24.0 Å². The molecule has 1 spiro atoms. The molecule has 1 aromatic heterocycles. The van der Waals surface area contributed by atoms with E-state index in [1.54, 1.807) is 0 Å². The zero-order valence-electron chi connectivity index (χ0n) is 19.2. The number of aromatic nitrogens is 1. The maximum Gasteiger partial charge on any atom is 0.246 e. The van der Waals surface area contributed by atoms with Crippen molar-refractivity contribution >= 4 is 17.3 Å². The maximum atomic E-state index is 14.2. The van der Waals surface area contributed by atoms with Crippen LogP contribution in [0.3, 0.4) is 0 Å². The average molecular weight is 472 g/mol. The van der Waals surface area contributed by atoms with E-state index in [9.17, 15) is 4.79 Å². The monoisotopic (exact) mass is 471 g/mol. The second kappa shape index (κ2) is 7.88. The highest BCUT2D eigenvalue weighted by atomic mass is 16.6. The highest BCUT2D eigenvalue weighted by Crippen LogP contribution is 2.54. The summed E-state index contributed by atoms with van der Waals surface area (Å²) in [5.41, 5.74) is 3.68. The van der Waals surface area contributed by atoms with Gasteiger partial charge in [-0.05, 0) is 29.8 Å². The predicted molar refractivity (Wildman–Crippen MR) is 129 cm³/mol. The quantitative estimate of drug-likeness (QED) is 0.582. The molecule has 0 saturated carbocycles. The summed E-state index contributed by atoms with van der Waals surface area (Å²) in [5.74, 6) is 1.98. The third kappa shape index (κ3) is 3.09. The van der Waals surface area contributed by atoms with Crippen molar-refractivity contribution in [3.63, 3.8) is 0 Å². The lowest BCUT2D eigenvalue weighted by Crippen LogP contribution is -2.42. The van der Waals surface area contributed by atoms with Crippen molar-refractivity contribution in [2.24, 2.45) is 0 Å². The molecule has 35 heavy (non-hydrogen) atoms. The number of hydrogen-bond donors (Lipinski definition) is 0. The van der Waals surface area contributed by atoms with Crippen LogP contribution >= 0.6 is 0 Å². The third-order valence-electron chi connectivity index (χ3n) is 7.32. The Morgan fingerprint density at radius 3 is 2.46 bits per heavy atom. The van der Waals surface area contributed by atoms with E-state index in [2.05, 4.69) is 11.0 Å². The molecule has 8 nitrogen and oxygen atoms in total. The van der Waals surface area contributed by atoms with Gasteiger partial charge in [0.25, 0.3) is 0 Å². The highest BCUT2D eigenvalue weighted by molar-refractivity contribution is 6.11. The summed E-state index contributed by atoms with van der Waals surface area (Å²) < 4.78 is 23.1. The number of rotatable bonds is 3. The summed E-state index contributed by atoms with van der Waals surface area (Å²) in [7, 11) is 0. The number of benzene rings is 2. The summed E-state index contributed by atoms with van der Waals surface area (Å²) in [6.07, 6.45) is 1.89. The van der Waals surface area contributed by atoms with Gasteiger partial charge < -0.3 is 28.7 Å². The minimum atomic E-state index is -0.907. The van der Waals surface area contributed by atoms with Crippen molar-refractivity contribution in [2.75, 3.05) is 55.9 Å². The number of pyridine rings is 1. The van der Waals surface area contributed by atoms with Crippen LogP contribution in [0.5, 0.6) is 17.2 Å². The molecule has 1 saturated heterocycles. The molecule has 7 rings (SSSR count). The Hall–Kier alpha value is -3.78. The van der Waals surface area contributed by atoms with Gasteiger partial charge in [-0.1, -0.05) is 18.2 Å². The van der Waals surface area contributed by atoms with Crippen LogP contribution in [0.25, 0.3) is 0 Å². The smallest absolute Gasteiger partial charge is 0.246 e. The SMILES string of the molecule is O=C1N(Cc2ccc(N3CCOCC3)cn2)c2ccccc2C12COc1cc3c(cc12)OCCO3. The first-order valence-electron chi connectivity index (χ1n) is 12.0. The predicted octanol–water partition coefficient (Wildman–Crippen LogP) is 2.91. The van der Waals surface area contributed by atoms with E-state index in [1.165, 1.54) is 0 Å². The Bertz CT molecular complexity index is 1300. The van der Waals surface area contributed by atoms with Gasteiger partial charge in [-0.3, -0.25) is 9.78 Å². The van der Waals surface area contributed by atoms with Gasteiger partial charge in [0.1, 0.15) is 31.0 Å². The van der Waals surface area contributed by atoms with Crippen LogP contribution in [-0.4, -0.2) is 57.0 Å². The molecule has 0 bridgehead atoms. The van der Waals surface area contributed by atoms with Crippen molar-refractivity contribution in [3.05, 3.63) is 71.5 Å². The van der Waals surface area contributed by atoms with E-state index in [4.69, 9.17) is 23.9 Å². The van der Waals surface area contributed by atoms with E-state index in [0.29, 0.717) is 37.0 Å². The Balaban J connectivity index is 1.24. The topological polar surface area (TPSA) is 73.4 Å². The number of para-hydroxylation sites is 1. The number of hydrogen-bond acceptors (Lipinski definition) is 7. The fourth-order valence-corrected chi connectivity index (χ4v) is 5.55. The molecule has 3 aromatic rings. The summed E-state index contributed by atoms with van der Waals surface area (Å²) in [4.78, 5) is 23.0. The second-order valence-corrected chi connectivity index (χ2v) is 9.20. The lowest BCUT2D eigenvalue weighted by Gasteiger charge is -2.28. The van der Waals surface area contributed by atoms with Gasteiger partial charge in [-0.25, -0.2) is 0 Å². The van der Waals surface area contributed by atoms with Crippen LogP contribution in [0, 0.1) is 0 Å². The summed E-state index contributed by atoms with van der Waals surface area (Å²) in [6.45, 7) is 4.81. The second-order valence-electron chi connectivity index (χ2n) is 9.20. The van der Waals surface area contributed by atoms with Gasteiger partial charge in [-0.2, -0.15) is 0 Å². The molecule has 178 valence electrons. The molecule has 4 aliphatic rings. The lowest BCUT2D eigenvalue weighted by molar-refractivity contribution is -0.122. The Morgan fingerprint density at radius 2 is 1.66 bits per heavy atom. The fourth-order valence-electron chi connectivity index (χ4n) is 5.55. The molecule has 1 fully saturated rings. The van der Waals surface area contributed by atoms with Gasteiger partial charge >= 0.3 is 0 Å². The van der Waals surface area contributed by atoms with Crippen LogP contribution in [0.1, 0.15) is 16.8 Å². The fraction of sp³-hybridized carbons (Fsp3) is 0.333. The van der Waals surface area contributed by atoms with E-state index >= 15 is 0 Å². The molecular weight excluding hydrogens is 446 g/mol. The van der Waals surface area contributed by atoms with Crippen molar-refractivity contribution in [2.45, 2.75) is 12.0 Å². The molecule has 5 heterocycles. The van der Waals surface area contributed by atoms with E-state index < -0.39 is 5.41 Å². The van der Waals surface area contributed by atoms with Crippen LogP contribution in [0.15, 0.2) is 54.7 Å². The zero-order valence-corrected chi connectivity index (χ0v) is 19.2. The van der Waals surface area contributed by atoms with Gasteiger partial charge in [0.2, 0.25) is 5.91 Å². The Kier molecular flexibility index (Phi) is 4.63.